The van der Waals surface area contributed by atoms with E-state index in [0.29, 0.717) is 0 Å². The van der Waals surface area contributed by atoms with E-state index in [2.05, 4.69) is 17.2 Å². The third kappa shape index (κ3) is 2.36. The number of anilines is 2. The number of nitrogens with one attached hydrogen (secondary N) is 1. The highest BCUT2D eigenvalue weighted by atomic mass is 16.5. The van der Waals surface area contributed by atoms with Gasteiger partial charge in [0.2, 0.25) is 0 Å². The number of rotatable bonds is 3. The number of nitrogen functional groups attached to an aromatic ring is 1. The van der Waals surface area contributed by atoms with Gasteiger partial charge in [0.05, 0.1) is 16.8 Å². The summed E-state index contributed by atoms with van der Waals surface area (Å²) in [6.07, 6.45) is 4.03. The summed E-state index contributed by atoms with van der Waals surface area (Å²) < 4.78 is 5.79. The van der Waals surface area contributed by atoms with Crippen molar-refractivity contribution in [1.82, 2.24) is 4.98 Å². The van der Waals surface area contributed by atoms with Crippen molar-refractivity contribution in [2.24, 2.45) is 0 Å². The number of aromatic nitrogens is 1. The van der Waals surface area contributed by atoms with Gasteiger partial charge in [0.1, 0.15) is 0 Å². The number of fused-ring (bicyclic) bond motifs is 1. The minimum absolute atomic E-state index is 0.0670. The van der Waals surface area contributed by atoms with Gasteiger partial charge in [-0.05, 0) is 44.0 Å². The van der Waals surface area contributed by atoms with Crippen molar-refractivity contribution >= 4 is 22.3 Å². The molecule has 3 rings (SSSR count). The molecule has 1 fully saturated rings. The van der Waals surface area contributed by atoms with Crippen molar-refractivity contribution in [2.45, 2.75) is 25.4 Å². The van der Waals surface area contributed by atoms with Crippen LogP contribution in [0.25, 0.3) is 10.9 Å². The second-order valence-corrected chi connectivity index (χ2v) is 5.36. The summed E-state index contributed by atoms with van der Waals surface area (Å²) in [4.78, 5) is 4.43. The van der Waals surface area contributed by atoms with Gasteiger partial charge in [-0.1, -0.05) is 0 Å². The lowest BCUT2D eigenvalue weighted by Gasteiger charge is -2.24. The lowest BCUT2D eigenvalue weighted by atomic mass is 10.0. The van der Waals surface area contributed by atoms with Crippen molar-refractivity contribution in [1.29, 1.82) is 0 Å². The Labute approximate surface area is 113 Å². The highest BCUT2D eigenvalue weighted by Gasteiger charge is 2.29. The Bertz CT molecular complexity index is 591. The third-order valence-electron chi connectivity index (χ3n) is 3.76. The summed E-state index contributed by atoms with van der Waals surface area (Å²) in [6, 6.07) is 7.81. The van der Waals surface area contributed by atoms with Crippen LogP contribution in [0.2, 0.25) is 0 Å². The molecule has 0 saturated carbocycles. The minimum Gasteiger partial charge on any atom is -0.398 e. The highest BCUT2D eigenvalue weighted by molar-refractivity contribution is 5.98. The van der Waals surface area contributed by atoms with Gasteiger partial charge in [0.15, 0.2) is 0 Å². The molecule has 100 valence electrons. The molecule has 19 heavy (non-hydrogen) atoms. The average Bonchev–Trinajstić information content (AvgIpc) is 2.86. The zero-order valence-electron chi connectivity index (χ0n) is 11.1. The molecule has 0 amide bonds. The molecule has 3 N–H and O–H groups in total. The molecule has 1 aromatic heterocycles. The fourth-order valence-corrected chi connectivity index (χ4v) is 2.60. The van der Waals surface area contributed by atoms with Crippen molar-refractivity contribution in [3.8, 4) is 0 Å². The van der Waals surface area contributed by atoms with Crippen LogP contribution < -0.4 is 11.1 Å². The molecule has 0 aliphatic carbocycles. The molecule has 0 radical (unpaired) electrons. The van der Waals surface area contributed by atoms with Crippen molar-refractivity contribution in [3.63, 3.8) is 0 Å². The first kappa shape index (κ1) is 12.2. The summed E-state index contributed by atoms with van der Waals surface area (Å²) in [5.41, 5.74) is 8.61. The van der Waals surface area contributed by atoms with Crippen LogP contribution in [0.5, 0.6) is 0 Å². The minimum atomic E-state index is -0.0670. The second-order valence-electron chi connectivity index (χ2n) is 5.36. The van der Waals surface area contributed by atoms with Crippen LogP contribution in [0.4, 0.5) is 11.4 Å². The maximum atomic E-state index is 5.98. The highest BCUT2D eigenvalue weighted by Crippen LogP contribution is 2.29. The zero-order chi connectivity index (χ0) is 13.3. The predicted molar refractivity (Wildman–Crippen MR) is 78.2 cm³/mol. The Hall–Kier alpha value is -1.81. The van der Waals surface area contributed by atoms with Crippen LogP contribution in [0, 0.1) is 0 Å². The Kier molecular flexibility index (Phi) is 3.03. The molecule has 0 bridgehead atoms. The van der Waals surface area contributed by atoms with Crippen LogP contribution in [-0.2, 0) is 4.74 Å². The zero-order valence-corrected chi connectivity index (χ0v) is 11.1. The SMILES string of the molecule is CC1(CNc2ccc(N)c3cccnc23)CCCO1. The van der Waals surface area contributed by atoms with Gasteiger partial charge in [0.25, 0.3) is 0 Å². The number of nitrogens with zero attached hydrogens (tertiary/aromatic N) is 1. The van der Waals surface area contributed by atoms with Gasteiger partial charge < -0.3 is 15.8 Å². The fourth-order valence-electron chi connectivity index (χ4n) is 2.60. The molecule has 1 atom stereocenters. The summed E-state index contributed by atoms with van der Waals surface area (Å²) >= 11 is 0. The largest absolute Gasteiger partial charge is 0.398 e. The van der Waals surface area contributed by atoms with E-state index < -0.39 is 0 Å². The molecular weight excluding hydrogens is 238 g/mol. The van der Waals surface area contributed by atoms with Crippen LogP contribution in [0.15, 0.2) is 30.5 Å². The molecule has 1 aliphatic heterocycles. The molecule has 1 aromatic carbocycles. The van der Waals surface area contributed by atoms with Gasteiger partial charge >= 0.3 is 0 Å². The number of hydrogen-bond donors (Lipinski definition) is 2. The van der Waals surface area contributed by atoms with Crippen molar-refractivity contribution in [2.75, 3.05) is 24.2 Å². The summed E-state index contributed by atoms with van der Waals surface area (Å²) in [6.45, 7) is 3.81. The van der Waals surface area contributed by atoms with Gasteiger partial charge in [-0.25, -0.2) is 0 Å². The predicted octanol–water partition coefficient (Wildman–Crippen LogP) is 2.80. The first-order valence-corrected chi connectivity index (χ1v) is 6.69. The number of ether oxygens (including phenoxy) is 1. The number of nitrogens with two attached hydrogens (primary N) is 1. The van der Waals surface area contributed by atoms with Crippen molar-refractivity contribution < 1.29 is 4.74 Å². The topological polar surface area (TPSA) is 60.2 Å². The lowest BCUT2D eigenvalue weighted by Crippen LogP contribution is -2.32. The summed E-state index contributed by atoms with van der Waals surface area (Å²) in [7, 11) is 0. The third-order valence-corrected chi connectivity index (χ3v) is 3.76. The molecule has 0 spiro atoms. The van der Waals surface area contributed by atoms with E-state index in [1.807, 2.05) is 24.3 Å². The number of pyridine rings is 1. The van der Waals surface area contributed by atoms with Crippen LogP contribution in [0.1, 0.15) is 19.8 Å². The molecule has 1 saturated heterocycles. The van der Waals surface area contributed by atoms with E-state index in [1.54, 1.807) is 6.20 Å². The van der Waals surface area contributed by atoms with E-state index in [9.17, 15) is 0 Å². The summed E-state index contributed by atoms with van der Waals surface area (Å²) in [5.74, 6) is 0. The van der Waals surface area contributed by atoms with E-state index >= 15 is 0 Å². The normalized spacial score (nSPS) is 22.8. The first-order valence-electron chi connectivity index (χ1n) is 6.69. The average molecular weight is 257 g/mol. The Balaban J connectivity index is 1.87. The lowest BCUT2D eigenvalue weighted by molar-refractivity contribution is 0.0315. The van der Waals surface area contributed by atoms with Crippen LogP contribution in [-0.4, -0.2) is 23.7 Å². The summed E-state index contributed by atoms with van der Waals surface area (Å²) in [5, 5.41) is 4.44. The molecule has 2 heterocycles. The van der Waals surface area contributed by atoms with Gasteiger partial charge in [0, 0.05) is 30.4 Å². The monoisotopic (exact) mass is 257 g/mol. The van der Waals surface area contributed by atoms with E-state index in [1.165, 1.54) is 0 Å². The van der Waals surface area contributed by atoms with Crippen molar-refractivity contribution in [3.05, 3.63) is 30.5 Å². The molecule has 4 heteroatoms. The van der Waals surface area contributed by atoms with E-state index in [-0.39, 0.29) is 5.60 Å². The second kappa shape index (κ2) is 4.70. The number of benzene rings is 1. The number of hydrogen-bond acceptors (Lipinski definition) is 4. The molecule has 2 aromatic rings. The van der Waals surface area contributed by atoms with Crippen LogP contribution in [0.3, 0.4) is 0 Å². The Morgan fingerprint density at radius 2 is 2.32 bits per heavy atom. The first-order chi connectivity index (χ1) is 9.18. The fraction of sp³-hybridized carbons (Fsp3) is 0.400. The quantitative estimate of drug-likeness (QED) is 0.830. The van der Waals surface area contributed by atoms with Gasteiger partial charge in [-0.3, -0.25) is 4.98 Å². The maximum absolute atomic E-state index is 5.98. The smallest absolute Gasteiger partial charge is 0.0953 e. The standard InChI is InChI=1S/C15H19N3O/c1-15(7-3-9-19-15)10-18-13-6-5-12(16)11-4-2-8-17-14(11)13/h2,4-6,8,18H,3,7,9-10,16H2,1H3. The molecule has 1 unspecified atom stereocenters. The van der Waals surface area contributed by atoms with E-state index in [0.717, 1.165) is 48.3 Å². The molecular formula is C15H19N3O. The molecule has 4 nitrogen and oxygen atoms in total. The van der Waals surface area contributed by atoms with Crippen LogP contribution >= 0.6 is 0 Å². The van der Waals surface area contributed by atoms with E-state index in [4.69, 9.17) is 10.5 Å². The Morgan fingerprint density at radius 1 is 1.42 bits per heavy atom. The molecule has 1 aliphatic rings. The Morgan fingerprint density at radius 3 is 3.11 bits per heavy atom. The maximum Gasteiger partial charge on any atom is 0.0953 e. The van der Waals surface area contributed by atoms with Gasteiger partial charge in [-0.2, -0.15) is 0 Å². The van der Waals surface area contributed by atoms with Gasteiger partial charge in [-0.15, -0.1) is 0 Å².